The molecule has 2 aromatic carbocycles. The molecule has 0 heterocycles. The predicted molar refractivity (Wildman–Crippen MR) is 93.8 cm³/mol. The summed E-state index contributed by atoms with van der Waals surface area (Å²) in [6.07, 6.45) is -0.116. The molecular formula is C19H23ClNO2+. The number of benzene rings is 2. The van der Waals surface area contributed by atoms with Gasteiger partial charge in [-0.2, -0.15) is 0 Å². The Labute approximate surface area is 143 Å². The molecule has 0 N–H and O–H groups in total. The zero-order valence-electron chi connectivity index (χ0n) is 14.0. The Morgan fingerprint density at radius 2 is 1.83 bits per heavy atom. The number of hydrogen-bond acceptors (Lipinski definition) is 2. The summed E-state index contributed by atoms with van der Waals surface area (Å²) < 4.78 is 6.73. The summed E-state index contributed by atoms with van der Waals surface area (Å²) in [5.41, 5.74) is 1.76. The van der Waals surface area contributed by atoms with E-state index < -0.39 is 0 Å². The van der Waals surface area contributed by atoms with E-state index in [0.717, 1.165) is 6.54 Å². The van der Waals surface area contributed by atoms with Gasteiger partial charge >= 0.3 is 0 Å². The fourth-order valence-electron chi connectivity index (χ4n) is 2.39. The lowest BCUT2D eigenvalue weighted by atomic mass is 10.1. The van der Waals surface area contributed by atoms with Crippen LogP contribution in [0.15, 0.2) is 48.5 Å². The number of hydrogen-bond donors (Lipinski definition) is 0. The Morgan fingerprint density at radius 1 is 1.17 bits per heavy atom. The van der Waals surface area contributed by atoms with E-state index >= 15 is 0 Å². The first-order valence-electron chi connectivity index (χ1n) is 7.63. The van der Waals surface area contributed by atoms with Gasteiger partial charge in [-0.3, -0.25) is 9.28 Å². The molecule has 0 radical (unpaired) electrons. The molecular weight excluding hydrogens is 310 g/mol. The van der Waals surface area contributed by atoms with Crippen LogP contribution in [0, 0.1) is 0 Å². The number of rotatable bonds is 6. The van der Waals surface area contributed by atoms with Gasteiger partial charge in [-0.05, 0) is 25.1 Å². The van der Waals surface area contributed by atoms with Crippen LogP contribution >= 0.6 is 11.6 Å². The van der Waals surface area contributed by atoms with Gasteiger partial charge in [0.25, 0.3) is 0 Å². The molecule has 1 atom stereocenters. The van der Waals surface area contributed by atoms with E-state index in [1.807, 2.05) is 25.1 Å². The largest absolute Gasteiger partial charge is 0.442 e. The normalized spacial score (nSPS) is 12.7. The molecule has 23 heavy (non-hydrogen) atoms. The van der Waals surface area contributed by atoms with Gasteiger partial charge < -0.3 is 4.74 Å². The molecule has 0 saturated carbocycles. The number of quaternary nitrogens is 1. The monoisotopic (exact) mass is 332 g/mol. The summed E-state index contributed by atoms with van der Waals surface area (Å²) in [7, 11) is 4.22. The lowest BCUT2D eigenvalue weighted by Crippen LogP contribution is -2.49. The Kier molecular flexibility index (Phi) is 5.45. The first-order valence-corrected chi connectivity index (χ1v) is 8.01. The third kappa shape index (κ3) is 4.57. The highest BCUT2D eigenvalue weighted by molar-refractivity contribution is 6.31. The van der Waals surface area contributed by atoms with Gasteiger partial charge in [-0.1, -0.05) is 41.9 Å². The summed E-state index contributed by atoms with van der Waals surface area (Å²) in [6.45, 7) is 4.37. The van der Waals surface area contributed by atoms with Crippen molar-refractivity contribution >= 4 is 17.4 Å². The highest BCUT2D eigenvalue weighted by Gasteiger charge is 2.27. The van der Waals surface area contributed by atoms with Crippen LogP contribution in [0.4, 0.5) is 0 Å². The first kappa shape index (κ1) is 17.5. The lowest BCUT2D eigenvalue weighted by molar-refractivity contribution is -0.943. The van der Waals surface area contributed by atoms with Crippen LogP contribution in [0.5, 0.6) is 5.75 Å². The fraction of sp³-hybridized carbons (Fsp3) is 0.316. The second kappa shape index (κ2) is 7.16. The molecule has 0 spiro atoms. The molecule has 0 bridgehead atoms. The Hall–Kier alpha value is -1.84. The van der Waals surface area contributed by atoms with Crippen molar-refractivity contribution in [3.05, 3.63) is 64.7 Å². The summed E-state index contributed by atoms with van der Waals surface area (Å²) in [4.78, 5) is 11.8. The first-order chi connectivity index (χ1) is 10.8. The second-order valence-electron chi connectivity index (χ2n) is 6.34. The van der Waals surface area contributed by atoms with Gasteiger partial charge in [-0.15, -0.1) is 0 Å². The number of carbonyl (C=O) groups excluding carboxylic acids is 1. The van der Waals surface area contributed by atoms with Crippen LogP contribution in [0.1, 0.15) is 29.8 Å². The van der Waals surface area contributed by atoms with Crippen molar-refractivity contribution in [2.24, 2.45) is 0 Å². The van der Waals surface area contributed by atoms with Gasteiger partial charge in [0.2, 0.25) is 6.23 Å². The number of ketones is 1. The molecule has 0 aromatic heterocycles. The average Bonchev–Trinajstić information content (AvgIpc) is 2.49. The topological polar surface area (TPSA) is 26.3 Å². The molecule has 0 saturated heterocycles. The van der Waals surface area contributed by atoms with E-state index in [1.54, 1.807) is 18.2 Å². The standard InChI is InChI=1S/C19H23ClNO2/c1-14(22)18-12-17(20)10-11-19(18)23-15(2)21(3,4)13-16-8-6-5-7-9-16/h5-12,15H,13H2,1-4H3/q+1. The van der Waals surface area contributed by atoms with E-state index in [4.69, 9.17) is 16.3 Å². The third-order valence-electron chi connectivity index (χ3n) is 4.04. The zero-order valence-corrected chi connectivity index (χ0v) is 14.8. The fourth-order valence-corrected chi connectivity index (χ4v) is 2.56. The summed E-state index contributed by atoms with van der Waals surface area (Å²) in [5.74, 6) is 0.525. The number of Topliss-reactive ketones (excluding diaryl/α,β-unsaturated/α-hetero) is 1. The second-order valence-corrected chi connectivity index (χ2v) is 6.77. The van der Waals surface area contributed by atoms with E-state index in [9.17, 15) is 4.79 Å². The van der Waals surface area contributed by atoms with Gasteiger partial charge in [0, 0.05) is 17.5 Å². The SMILES string of the molecule is CC(=O)c1cc(Cl)ccc1OC(C)[N+](C)(C)Cc1ccccc1. The van der Waals surface area contributed by atoms with Gasteiger partial charge in [0.1, 0.15) is 12.3 Å². The van der Waals surface area contributed by atoms with E-state index in [2.05, 4.69) is 26.2 Å². The molecule has 1 unspecified atom stereocenters. The molecule has 0 aliphatic heterocycles. The van der Waals surface area contributed by atoms with Crippen molar-refractivity contribution in [3.63, 3.8) is 0 Å². The van der Waals surface area contributed by atoms with Gasteiger partial charge in [-0.25, -0.2) is 0 Å². The van der Waals surface area contributed by atoms with Crippen LogP contribution in [-0.4, -0.2) is 30.6 Å². The maximum Gasteiger partial charge on any atom is 0.230 e. The van der Waals surface area contributed by atoms with Crippen LogP contribution in [0.25, 0.3) is 0 Å². The maximum atomic E-state index is 11.8. The number of halogens is 1. The highest BCUT2D eigenvalue weighted by atomic mass is 35.5. The summed E-state index contributed by atoms with van der Waals surface area (Å²) in [6, 6.07) is 15.5. The number of ether oxygens (including phenoxy) is 1. The van der Waals surface area contributed by atoms with E-state index in [1.165, 1.54) is 12.5 Å². The molecule has 2 rings (SSSR count). The van der Waals surface area contributed by atoms with E-state index in [-0.39, 0.29) is 12.0 Å². The minimum Gasteiger partial charge on any atom is -0.442 e. The van der Waals surface area contributed by atoms with Crippen molar-refractivity contribution in [1.82, 2.24) is 0 Å². The van der Waals surface area contributed by atoms with Crippen molar-refractivity contribution in [2.45, 2.75) is 26.6 Å². The Balaban J connectivity index is 2.17. The molecule has 0 aliphatic carbocycles. The minimum absolute atomic E-state index is 0.0527. The molecule has 4 heteroatoms. The van der Waals surface area contributed by atoms with Crippen molar-refractivity contribution in [2.75, 3.05) is 14.1 Å². The summed E-state index contributed by atoms with van der Waals surface area (Å²) >= 11 is 5.98. The minimum atomic E-state index is -0.116. The number of nitrogens with zero attached hydrogens (tertiary/aromatic N) is 1. The van der Waals surface area contributed by atoms with Crippen LogP contribution in [0.3, 0.4) is 0 Å². The third-order valence-corrected chi connectivity index (χ3v) is 4.27. The molecule has 3 nitrogen and oxygen atoms in total. The quantitative estimate of drug-likeness (QED) is 0.441. The smallest absolute Gasteiger partial charge is 0.230 e. The van der Waals surface area contributed by atoms with Crippen molar-refractivity contribution in [3.8, 4) is 5.75 Å². The van der Waals surface area contributed by atoms with Crippen LogP contribution < -0.4 is 4.74 Å². The molecule has 0 fully saturated rings. The summed E-state index contributed by atoms with van der Waals surface area (Å²) in [5, 5.41) is 0.535. The zero-order chi connectivity index (χ0) is 17.0. The van der Waals surface area contributed by atoms with Crippen molar-refractivity contribution in [1.29, 1.82) is 0 Å². The molecule has 2 aromatic rings. The number of carbonyl (C=O) groups is 1. The predicted octanol–water partition coefficient (Wildman–Crippen LogP) is 4.54. The van der Waals surface area contributed by atoms with E-state index in [0.29, 0.717) is 20.8 Å². The molecule has 0 amide bonds. The van der Waals surface area contributed by atoms with Crippen LogP contribution in [-0.2, 0) is 6.54 Å². The lowest BCUT2D eigenvalue weighted by Gasteiger charge is -2.36. The van der Waals surface area contributed by atoms with Gasteiger partial charge in [0.15, 0.2) is 5.78 Å². The average molecular weight is 333 g/mol. The van der Waals surface area contributed by atoms with Crippen molar-refractivity contribution < 1.29 is 14.0 Å². The Bertz CT molecular complexity index is 683. The molecule has 0 aliphatic rings. The maximum absolute atomic E-state index is 11.8. The molecule has 122 valence electrons. The van der Waals surface area contributed by atoms with Crippen LogP contribution in [0.2, 0.25) is 5.02 Å². The van der Waals surface area contributed by atoms with Gasteiger partial charge in [0.05, 0.1) is 19.7 Å². The highest BCUT2D eigenvalue weighted by Crippen LogP contribution is 2.26. The Morgan fingerprint density at radius 3 is 2.43 bits per heavy atom.